The second kappa shape index (κ2) is 7.80. The van der Waals surface area contributed by atoms with Crippen LogP contribution in [-0.4, -0.2) is 32.8 Å². The van der Waals surface area contributed by atoms with E-state index in [0.717, 1.165) is 6.54 Å². The van der Waals surface area contributed by atoms with Crippen LogP contribution in [0.1, 0.15) is 37.5 Å². The predicted molar refractivity (Wildman–Crippen MR) is 105 cm³/mol. The SMILES string of the molecule is Cc1ccc2c(c1)-c1c(ccn1CC(C)N)C2(C)C.O=C(O)C=CC(=O)O. The van der Waals surface area contributed by atoms with Crippen LogP contribution in [0.3, 0.4) is 0 Å². The molecule has 1 atom stereocenters. The third kappa shape index (κ3) is 4.46. The zero-order valence-electron chi connectivity index (χ0n) is 16.1. The van der Waals surface area contributed by atoms with Crippen LogP contribution in [-0.2, 0) is 21.5 Å². The maximum absolute atomic E-state index is 9.55. The van der Waals surface area contributed by atoms with Gasteiger partial charge in [0.25, 0.3) is 0 Å². The molecule has 0 saturated carbocycles. The van der Waals surface area contributed by atoms with Crippen LogP contribution in [0, 0.1) is 6.92 Å². The van der Waals surface area contributed by atoms with Gasteiger partial charge in [-0.3, -0.25) is 0 Å². The van der Waals surface area contributed by atoms with Crippen molar-refractivity contribution in [1.82, 2.24) is 4.57 Å². The van der Waals surface area contributed by atoms with E-state index in [4.69, 9.17) is 15.9 Å². The van der Waals surface area contributed by atoms with E-state index in [0.29, 0.717) is 12.2 Å². The molecule has 1 aliphatic rings. The maximum atomic E-state index is 9.55. The molecule has 1 unspecified atom stereocenters. The van der Waals surface area contributed by atoms with Crippen LogP contribution in [0.15, 0.2) is 42.6 Å². The number of benzene rings is 1. The number of hydrogen-bond donors (Lipinski definition) is 3. The Morgan fingerprint density at radius 1 is 1.15 bits per heavy atom. The number of aryl methyl sites for hydroxylation is 1. The van der Waals surface area contributed by atoms with Crippen molar-refractivity contribution in [3.63, 3.8) is 0 Å². The fourth-order valence-electron chi connectivity index (χ4n) is 3.43. The fraction of sp³-hybridized carbons (Fsp3) is 0.333. The Hall–Kier alpha value is -2.86. The predicted octanol–water partition coefficient (Wildman–Crippen LogP) is 3.16. The molecule has 6 nitrogen and oxygen atoms in total. The van der Waals surface area contributed by atoms with Gasteiger partial charge >= 0.3 is 11.9 Å². The van der Waals surface area contributed by atoms with Gasteiger partial charge in [0, 0.05) is 41.9 Å². The molecule has 1 aromatic carbocycles. The van der Waals surface area contributed by atoms with Gasteiger partial charge in [-0.05, 0) is 37.1 Å². The lowest BCUT2D eigenvalue weighted by molar-refractivity contribution is -0.134. The number of hydrogen-bond acceptors (Lipinski definition) is 3. The van der Waals surface area contributed by atoms with Gasteiger partial charge in [-0.15, -0.1) is 0 Å². The molecular weight excluding hydrogens is 344 g/mol. The van der Waals surface area contributed by atoms with Crippen LogP contribution in [0.25, 0.3) is 11.3 Å². The molecule has 1 aliphatic carbocycles. The number of nitrogens with two attached hydrogens (primary N) is 1. The highest BCUT2D eigenvalue weighted by Gasteiger charge is 2.37. The number of aromatic nitrogens is 1. The first kappa shape index (κ1) is 20.5. The summed E-state index contributed by atoms with van der Waals surface area (Å²) in [6.45, 7) is 9.71. The summed E-state index contributed by atoms with van der Waals surface area (Å²) in [4.78, 5) is 19.1. The molecule has 27 heavy (non-hydrogen) atoms. The highest BCUT2D eigenvalue weighted by atomic mass is 16.4. The number of nitrogens with zero attached hydrogens (tertiary/aromatic N) is 1. The summed E-state index contributed by atoms with van der Waals surface area (Å²) < 4.78 is 2.31. The van der Waals surface area contributed by atoms with Gasteiger partial charge in [0.2, 0.25) is 0 Å². The number of carboxylic acid groups (broad SMARTS) is 2. The van der Waals surface area contributed by atoms with E-state index in [1.807, 2.05) is 0 Å². The average Bonchev–Trinajstić information content (AvgIpc) is 3.05. The van der Waals surface area contributed by atoms with Crippen molar-refractivity contribution in [1.29, 1.82) is 0 Å². The molecule has 0 spiro atoms. The zero-order chi connectivity index (χ0) is 20.4. The third-order valence-corrected chi connectivity index (χ3v) is 4.59. The first-order valence-corrected chi connectivity index (χ1v) is 8.74. The van der Waals surface area contributed by atoms with E-state index in [9.17, 15) is 9.59 Å². The van der Waals surface area contributed by atoms with Crippen LogP contribution in [0.5, 0.6) is 0 Å². The van der Waals surface area contributed by atoms with E-state index in [1.165, 1.54) is 27.9 Å². The molecule has 144 valence electrons. The number of carbonyl (C=O) groups is 2. The second-order valence-corrected chi connectivity index (χ2v) is 7.39. The topological polar surface area (TPSA) is 106 Å². The monoisotopic (exact) mass is 370 g/mol. The Morgan fingerprint density at radius 2 is 1.74 bits per heavy atom. The van der Waals surface area contributed by atoms with Crippen LogP contribution < -0.4 is 5.73 Å². The zero-order valence-corrected chi connectivity index (χ0v) is 16.1. The molecule has 0 aliphatic heterocycles. The molecule has 0 saturated heterocycles. The molecular formula is C21H26N2O4. The van der Waals surface area contributed by atoms with Crippen LogP contribution in [0.4, 0.5) is 0 Å². The normalized spacial score (nSPS) is 14.9. The Labute approximate surface area is 158 Å². The van der Waals surface area contributed by atoms with Gasteiger partial charge in [0.05, 0.1) is 5.69 Å². The molecule has 1 heterocycles. The Morgan fingerprint density at radius 3 is 2.26 bits per heavy atom. The number of rotatable bonds is 4. The van der Waals surface area contributed by atoms with Gasteiger partial charge in [0.15, 0.2) is 0 Å². The van der Waals surface area contributed by atoms with Crippen LogP contribution >= 0.6 is 0 Å². The largest absolute Gasteiger partial charge is 0.478 e. The van der Waals surface area contributed by atoms with Crippen LogP contribution in [0.2, 0.25) is 0 Å². The Kier molecular flexibility index (Phi) is 5.91. The minimum atomic E-state index is -1.26. The summed E-state index contributed by atoms with van der Waals surface area (Å²) in [6, 6.07) is 9.23. The molecule has 0 fully saturated rings. The van der Waals surface area contributed by atoms with Gasteiger partial charge < -0.3 is 20.5 Å². The molecule has 0 bridgehead atoms. The van der Waals surface area contributed by atoms with E-state index < -0.39 is 11.9 Å². The highest BCUT2D eigenvalue weighted by Crippen LogP contribution is 2.49. The number of aliphatic carboxylic acids is 2. The Balaban J connectivity index is 0.000000279. The lowest BCUT2D eigenvalue weighted by atomic mass is 9.83. The van der Waals surface area contributed by atoms with Crippen molar-refractivity contribution in [3.8, 4) is 11.3 Å². The molecule has 1 aromatic heterocycles. The number of carboxylic acids is 2. The van der Waals surface area contributed by atoms with Gasteiger partial charge in [0.1, 0.15) is 0 Å². The summed E-state index contributed by atoms with van der Waals surface area (Å²) in [5, 5.41) is 15.6. The maximum Gasteiger partial charge on any atom is 0.328 e. The summed E-state index contributed by atoms with van der Waals surface area (Å²) in [5.74, 6) is -2.51. The summed E-state index contributed by atoms with van der Waals surface area (Å²) >= 11 is 0. The fourth-order valence-corrected chi connectivity index (χ4v) is 3.43. The minimum absolute atomic E-state index is 0.0987. The van der Waals surface area contributed by atoms with Crippen molar-refractivity contribution in [3.05, 3.63) is 59.3 Å². The smallest absolute Gasteiger partial charge is 0.328 e. The summed E-state index contributed by atoms with van der Waals surface area (Å²) in [6.07, 6.45) is 3.30. The number of fused-ring (bicyclic) bond motifs is 3. The second-order valence-electron chi connectivity index (χ2n) is 7.39. The third-order valence-electron chi connectivity index (χ3n) is 4.59. The first-order chi connectivity index (χ1) is 12.5. The van der Waals surface area contributed by atoms with Crippen molar-refractivity contribution < 1.29 is 19.8 Å². The van der Waals surface area contributed by atoms with Crippen molar-refractivity contribution in [2.75, 3.05) is 0 Å². The van der Waals surface area contributed by atoms with E-state index in [2.05, 4.69) is 62.7 Å². The van der Waals surface area contributed by atoms with Gasteiger partial charge in [-0.2, -0.15) is 0 Å². The molecule has 6 heteroatoms. The van der Waals surface area contributed by atoms with Gasteiger partial charge in [-0.25, -0.2) is 9.59 Å². The van der Waals surface area contributed by atoms with Crippen molar-refractivity contribution in [2.24, 2.45) is 5.73 Å². The van der Waals surface area contributed by atoms with E-state index >= 15 is 0 Å². The molecule has 2 aromatic rings. The lowest BCUT2D eigenvalue weighted by Crippen LogP contribution is -2.22. The minimum Gasteiger partial charge on any atom is -0.478 e. The van der Waals surface area contributed by atoms with Gasteiger partial charge in [-0.1, -0.05) is 31.5 Å². The molecule has 0 radical (unpaired) electrons. The molecule has 3 rings (SSSR count). The standard InChI is InChI=1S/C17H22N2.C4H4O4/c1-11-5-6-14-13(9-11)16-15(17(14,3)4)7-8-19(16)10-12(2)18;5-3(6)1-2-4(7)8/h5-9,12H,10,18H2,1-4H3;1-2H,(H,5,6)(H,7,8). The lowest BCUT2D eigenvalue weighted by Gasteiger charge is -2.20. The summed E-state index contributed by atoms with van der Waals surface area (Å²) in [7, 11) is 0. The first-order valence-electron chi connectivity index (χ1n) is 8.74. The Bertz CT molecular complexity index is 876. The molecule has 4 N–H and O–H groups in total. The average molecular weight is 370 g/mol. The highest BCUT2D eigenvalue weighted by molar-refractivity contribution is 5.89. The van der Waals surface area contributed by atoms with E-state index in [-0.39, 0.29) is 11.5 Å². The molecule has 0 amide bonds. The quantitative estimate of drug-likeness (QED) is 0.717. The van der Waals surface area contributed by atoms with Crippen molar-refractivity contribution in [2.45, 2.75) is 45.7 Å². The van der Waals surface area contributed by atoms with Crippen molar-refractivity contribution >= 4 is 11.9 Å². The summed E-state index contributed by atoms with van der Waals surface area (Å²) in [5.41, 5.74) is 13.0. The van der Waals surface area contributed by atoms with E-state index in [1.54, 1.807) is 0 Å².